The van der Waals surface area contributed by atoms with Crippen molar-refractivity contribution in [1.82, 2.24) is 5.32 Å². The van der Waals surface area contributed by atoms with Crippen LogP contribution in [-0.2, 0) is 9.53 Å². The van der Waals surface area contributed by atoms with Crippen molar-refractivity contribution in [1.29, 1.82) is 0 Å². The van der Waals surface area contributed by atoms with E-state index < -0.39 is 0 Å². The van der Waals surface area contributed by atoms with Crippen molar-refractivity contribution in [2.45, 2.75) is 64.1 Å². The second kappa shape index (κ2) is 8.30. The monoisotopic (exact) mass is 304 g/mol. The Morgan fingerprint density at radius 3 is 2.77 bits per heavy atom. The summed E-state index contributed by atoms with van der Waals surface area (Å²) in [4.78, 5) is 12.2. The molecule has 0 spiro atoms. The largest absolute Gasteiger partial charge is 0.380 e. The highest BCUT2D eigenvalue weighted by Crippen LogP contribution is 2.21. The van der Waals surface area contributed by atoms with Gasteiger partial charge in [-0.2, -0.15) is 0 Å². The summed E-state index contributed by atoms with van der Waals surface area (Å²) >= 11 is 0. The molecule has 1 fully saturated rings. The van der Waals surface area contributed by atoms with Crippen molar-refractivity contribution in [3.63, 3.8) is 0 Å². The van der Waals surface area contributed by atoms with E-state index in [1.54, 1.807) is 7.11 Å². The van der Waals surface area contributed by atoms with Gasteiger partial charge in [0.15, 0.2) is 0 Å². The van der Waals surface area contributed by atoms with Crippen LogP contribution in [0.15, 0.2) is 24.3 Å². The molecule has 4 nitrogen and oxygen atoms in total. The molecule has 0 saturated heterocycles. The molecule has 1 amide bonds. The minimum absolute atomic E-state index is 0.0547. The standard InChI is InChI=1S/C18H28N2O2/c1-13-8-4-5-9-15(13)20-18(21)12-14(2)19-16-10-6-7-11-17(16)22-3/h4-5,8-9,14,16-17,19H,6-7,10-12H2,1-3H3,(H,20,21)/t14-,16+,17+/m0/s1. The summed E-state index contributed by atoms with van der Waals surface area (Å²) in [7, 11) is 1.78. The van der Waals surface area contributed by atoms with Crippen LogP contribution >= 0.6 is 0 Å². The Balaban J connectivity index is 1.82. The maximum Gasteiger partial charge on any atom is 0.225 e. The number of hydrogen-bond acceptors (Lipinski definition) is 3. The van der Waals surface area contributed by atoms with Gasteiger partial charge in [0, 0.05) is 31.3 Å². The smallest absolute Gasteiger partial charge is 0.225 e. The van der Waals surface area contributed by atoms with Gasteiger partial charge in [-0.1, -0.05) is 31.0 Å². The molecule has 1 aromatic rings. The normalized spacial score (nSPS) is 23.0. The van der Waals surface area contributed by atoms with Crippen molar-refractivity contribution < 1.29 is 9.53 Å². The van der Waals surface area contributed by atoms with E-state index in [0.717, 1.165) is 24.1 Å². The lowest BCUT2D eigenvalue weighted by atomic mass is 9.91. The minimum Gasteiger partial charge on any atom is -0.380 e. The van der Waals surface area contributed by atoms with Gasteiger partial charge in [-0.3, -0.25) is 4.79 Å². The molecule has 2 rings (SSSR count). The molecule has 1 aliphatic rings. The zero-order valence-corrected chi connectivity index (χ0v) is 13.9. The molecule has 1 aliphatic carbocycles. The SMILES string of the molecule is CO[C@@H]1CCCC[C@H]1N[C@@H](C)CC(=O)Nc1ccccc1C. The van der Waals surface area contributed by atoms with Gasteiger partial charge >= 0.3 is 0 Å². The zero-order valence-electron chi connectivity index (χ0n) is 13.9. The van der Waals surface area contributed by atoms with Crippen molar-refractivity contribution in [2.75, 3.05) is 12.4 Å². The number of methoxy groups -OCH3 is 1. The number of anilines is 1. The Bertz CT molecular complexity index is 490. The number of aryl methyl sites for hydroxylation is 1. The summed E-state index contributed by atoms with van der Waals surface area (Å²) in [5.41, 5.74) is 1.98. The highest BCUT2D eigenvalue weighted by Gasteiger charge is 2.26. The molecule has 1 aromatic carbocycles. The summed E-state index contributed by atoms with van der Waals surface area (Å²) in [6.45, 7) is 4.07. The molecular formula is C18H28N2O2. The summed E-state index contributed by atoms with van der Waals surface area (Å²) in [5, 5.41) is 6.56. The number of benzene rings is 1. The molecule has 22 heavy (non-hydrogen) atoms. The van der Waals surface area contributed by atoms with Gasteiger partial charge < -0.3 is 15.4 Å². The van der Waals surface area contributed by atoms with Crippen LogP contribution in [0.1, 0.15) is 44.6 Å². The van der Waals surface area contributed by atoms with E-state index in [0.29, 0.717) is 12.5 Å². The lowest BCUT2D eigenvalue weighted by Crippen LogP contribution is -2.47. The number of hydrogen-bond donors (Lipinski definition) is 2. The first-order valence-electron chi connectivity index (χ1n) is 8.24. The number of amides is 1. The molecule has 0 bridgehead atoms. The van der Waals surface area contributed by atoms with Gasteiger partial charge in [0.25, 0.3) is 0 Å². The van der Waals surface area contributed by atoms with Gasteiger partial charge in [0.05, 0.1) is 6.10 Å². The summed E-state index contributed by atoms with van der Waals surface area (Å²) in [6.07, 6.45) is 5.45. The van der Waals surface area contributed by atoms with E-state index in [9.17, 15) is 4.79 Å². The first-order valence-corrected chi connectivity index (χ1v) is 8.24. The zero-order chi connectivity index (χ0) is 15.9. The van der Waals surface area contributed by atoms with Gasteiger partial charge in [0.2, 0.25) is 5.91 Å². The summed E-state index contributed by atoms with van der Waals surface area (Å²) in [6, 6.07) is 8.36. The average Bonchev–Trinajstić information content (AvgIpc) is 2.50. The molecule has 0 heterocycles. The third-order valence-corrected chi connectivity index (χ3v) is 4.41. The van der Waals surface area contributed by atoms with Crippen LogP contribution in [0.25, 0.3) is 0 Å². The number of carbonyl (C=O) groups excluding carboxylic acids is 1. The molecule has 0 aromatic heterocycles. The molecular weight excluding hydrogens is 276 g/mol. The van der Waals surface area contributed by atoms with Crippen molar-refractivity contribution in [3.05, 3.63) is 29.8 Å². The molecule has 2 N–H and O–H groups in total. The van der Waals surface area contributed by atoms with Gasteiger partial charge in [-0.25, -0.2) is 0 Å². The first-order chi connectivity index (χ1) is 10.6. The molecule has 0 unspecified atom stereocenters. The van der Waals surface area contributed by atoms with E-state index in [4.69, 9.17) is 4.74 Å². The Morgan fingerprint density at radius 2 is 2.05 bits per heavy atom. The fraction of sp³-hybridized carbons (Fsp3) is 0.611. The summed E-state index contributed by atoms with van der Waals surface area (Å²) in [5.74, 6) is 0.0547. The van der Waals surface area contributed by atoms with E-state index in [2.05, 4.69) is 17.6 Å². The van der Waals surface area contributed by atoms with Crippen LogP contribution < -0.4 is 10.6 Å². The van der Waals surface area contributed by atoms with E-state index in [1.807, 2.05) is 31.2 Å². The van der Waals surface area contributed by atoms with Crippen LogP contribution in [0.2, 0.25) is 0 Å². The predicted molar refractivity (Wildman–Crippen MR) is 90.1 cm³/mol. The van der Waals surface area contributed by atoms with Gasteiger partial charge in [-0.15, -0.1) is 0 Å². The van der Waals surface area contributed by atoms with Crippen LogP contribution in [0.3, 0.4) is 0 Å². The number of nitrogens with one attached hydrogen (secondary N) is 2. The van der Waals surface area contributed by atoms with E-state index in [-0.39, 0.29) is 18.1 Å². The Labute approximate surface area is 133 Å². The summed E-state index contributed by atoms with van der Waals surface area (Å²) < 4.78 is 5.56. The fourth-order valence-electron chi connectivity index (χ4n) is 3.19. The molecule has 4 heteroatoms. The van der Waals surface area contributed by atoms with Gasteiger partial charge in [0.1, 0.15) is 0 Å². The van der Waals surface area contributed by atoms with Crippen LogP contribution in [0.5, 0.6) is 0 Å². The number of para-hydroxylation sites is 1. The molecule has 1 saturated carbocycles. The van der Waals surface area contributed by atoms with Crippen LogP contribution in [0, 0.1) is 6.92 Å². The fourth-order valence-corrected chi connectivity index (χ4v) is 3.19. The second-order valence-corrected chi connectivity index (χ2v) is 6.30. The Kier molecular flexibility index (Phi) is 6.40. The number of carbonyl (C=O) groups is 1. The maximum atomic E-state index is 12.2. The quantitative estimate of drug-likeness (QED) is 0.848. The third kappa shape index (κ3) is 4.82. The maximum absolute atomic E-state index is 12.2. The molecule has 0 radical (unpaired) electrons. The van der Waals surface area contributed by atoms with Crippen LogP contribution in [0.4, 0.5) is 5.69 Å². The Hall–Kier alpha value is -1.39. The van der Waals surface area contributed by atoms with Crippen molar-refractivity contribution >= 4 is 11.6 Å². The predicted octanol–water partition coefficient (Wildman–Crippen LogP) is 3.26. The van der Waals surface area contributed by atoms with Crippen LogP contribution in [-0.4, -0.2) is 31.2 Å². The van der Waals surface area contributed by atoms with E-state index in [1.165, 1.54) is 12.8 Å². The molecule has 122 valence electrons. The number of ether oxygens (including phenoxy) is 1. The van der Waals surface area contributed by atoms with E-state index >= 15 is 0 Å². The highest BCUT2D eigenvalue weighted by atomic mass is 16.5. The molecule has 3 atom stereocenters. The third-order valence-electron chi connectivity index (χ3n) is 4.41. The molecule has 0 aliphatic heterocycles. The average molecular weight is 304 g/mol. The highest BCUT2D eigenvalue weighted by molar-refractivity contribution is 5.91. The van der Waals surface area contributed by atoms with Crippen molar-refractivity contribution in [2.24, 2.45) is 0 Å². The second-order valence-electron chi connectivity index (χ2n) is 6.30. The van der Waals surface area contributed by atoms with Gasteiger partial charge in [-0.05, 0) is 38.3 Å². The minimum atomic E-state index is 0.0547. The van der Waals surface area contributed by atoms with Crippen molar-refractivity contribution in [3.8, 4) is 0 Å². The topological polar surface area (TPSA) is 50.4 Å². The lowest BCUT2D eigenvalue weighted by Gasteiger charge is -2.33. The number of rotatable bonds is 6. The Morgan fingerprint density at radius 1 is 1.32 bits per heavy atom. The first kappa shape index (κ1) is 17.0. The lowest BCUT2D eigenvalue weighted by molar-refractivity contribution is -0.116.